The van der Waals surface area contributed by atoms with Crippen LogP contribution in [-0.2, 0) is 6.54 Å². The molecule has 1 atom stereocenters. The Morgan fingerprint density at radius 1 is 1.50 bits per heavy atom. The standard InChI is InChI=1S/C12H22ClN3/c1-9(6-14-12(3,4)5)8-16-10(2)11(13)7-15-16/h7,9,14H,6,8H2,1-5H3. The van der Waals surface area contributed by atoms with Crippen LogP contribution < -0.4 is 5.32 Å². The van der Waals surface area contributed by atoms with Gasteiger partial charge in [0, 0.05) is 12.1 Å². The number of halogens is 1. The van der Waals surface area contributed by atoms with Gasteiger partial charge < -0.3 is 5.32 Å². The van der Waals surface area contributed by atoms with Gasteiger partial charge >= 0.3 is 0 Å². The smallest absolute Gasteiger partial charge is 0.0814 e. The lowest BCUT2D eigenvalue weighted by Crippen LogP contribution is -2.39. The van der Waals surface area contributed by atoms with Gasteiger partial charge in [-0.3, -0.25) is 4.68 Å². The maximum absolute atomic E-state index is 5.96. The normalized spacial score (nSPS) is 14.1. The molecule has 0 bridgehead atoms. The van der Waals surface area contributed by atoms with Crippen molar-refractivity contribution >= 4 is 11.6 Å². The van der Waals surface area contributed by atoms with Crippen molar-refractivity contribution in [2.24, 2.45) is 5.92 Å². The molecule has 0 amide bonds. The van der Waals surface area contributed by atoms with Crippen molar-refractivity contribution in [1.29, 1.82) is 0 Å². The monoisotopic (exact) mass is 243 g/mol. The Morgan fingerprint density at radius 3 is 2.56 bits per heavy atom. The average Bonchev–Trinajstić information content (AvgIpc) is 2.46. The van der Waals surface area contributed by atoms with Crippen molar-refractivity contribution in [3.63, 3.8) is 0 Å². The van der Waals surface area contributed by atoms with E-state index in [0.29, 0.717) is 5.92 Å². The number of aromatic nitrogens is 2. The van der Waals surface area contributed by atoms with Gasteiger partial charge in [-0.15, -0.1) is 0 Å². The summed E-state index contributed by atoms with van der Waals surface area (Å²) in [6.45, 7) is 12.6. The fourth-order valence-electron chi connectivity index (χ4n) is 1.45. The van der Waals surface area contributed by atoms with Gasteiger partial charge in [-0.05, 0) is 40.2 Å². The largest absolute Gasteiger partial charge is 0.312 e. The molecule has 0 aliphatic heterocycles. The molecule has 1 heterocycles. The van der Waals surface area contributed by atoms with Crippen molar-refractivity contribution in [1.82, 2.24) is 15.1 Å². The molecule has 0 aliphatic rings. The first kappa shape index (κ1) is 13.5. The molecule has 4 heteroatoms. The van der Waals surface area contributed by atoms with E-state index in [0.717, 1.165) is 23.8 Å². The number of hydrogen-bond acceptors (Lipinski definition) is 2. The topological polar surface area (TPSA) is 29.9 Å². The van der Waals surface area contributed by atoms with Crippen LogP contribution in [0.5, 0.6) is 0 Å². The minimum absolute atomic E-state index is 0.172. The maximum atomic E-state index is 5.96. The van der Waals surface area contributed by atoms with E-state index in [4.69, 9.17) is 11.6 Å². The Balaban J connectivity index is 2.46. The van der Waals surface area contributed by atoms with Gasteiger partial charge in [0.05, 0.1) is 16.9 Å². The molecule has 1 aromatic rings. The van der Waals surface area contributed by atoms with Crippen LogP contribution in [0, 0.1) is 12.8 Å². The van der Waals surface area contributed by atoms with E-state index in [9.17, 15) is 0 Å². The van der Waals surface area contributed by atoms with Crippen LogP contribution in [0.3, 0.4) is 0 Å². The van der Waals surface area contributed by atoms with Crippen LogP contribution in [-0.4, -0.2) is 21.9 Å². The Kier molecular flexibility index (Phi) is 4.39. The highest BCUT2D eigenvalue weighted by Gasteiger charge is 2.13. The van der Waals surface area contributed by atoms with E-state index < -0.39 is 0 Å². The summed E-state index contributed by atoms with van der Waals surface area (Å²) >= 11 is 5.96. The van der Waals surface area contributed by atoms with Gasteiger partial charge in [-0.1, -0.05) is 18.5 Å². The first-order valence-corrected chi connectivity index (χ1v) is 6.10. The molecular formula is C12H22ClN3. The van der Waals surface area contributed by atoms with E-state index >= 15 is 0 Å². The second kappa shape index (κ2) is 5.19. The fourth-order valence-corrected chi connectivity index (χ4v) is 1.59. The van der Waals surface area contributed by atoms with Gasteiger partial charge in [-0.2, -0.15) is 5.10 Å². The molecular weight excluding hydrogens is 222 g/mol. The highest BCUT2D eigenvalue weighted by atomic mass is 35.5. The molecule has 0 saturated carbocycles. The summed E-state index contributed by atoms with van der Waals surface area (Å²) in [5.74, 6) is 0.536. The van der Waals surface area contributed by atoms with Gasteiger partial charge in [0.1, 0.15) is 0 Å². The third-order valence-electron chi connectivity index (χ3n) is 2.51. The Labute approximate surface area is 103 Å². The van der Waals surface area contributed by atoms with E-state index in [1.54, 1.807) is 6.20 Å². The summed E-state index contributed by atoms with van der Waals surface area (Å²) in [5, 5.41) is 8.50. The van der Waals surface area contributed by atoms with Crippen LogP contribution in [0.2, 0.25) is 5.02 Å². The third kappa shape index (κ3) is 4.14. The van der Waals surface area contributed by atoms with E-state index in [1.807, 2.05) is 11.6 Å². The van der Waals surface area contributed by atoms with Crippen molar-refractivity contribution < 1.29 is 0 Å². The van der Waals surface area contributed by atoms with Crippen molar-refractivity contribution in [2.45, 2.75) is 46.7 Å². The van der Waals surface area contributed by atoms with Crippen LogP contribution in [0.1, 0.15) is 33.4 Å². The molecule has 0 saturated heterocycles. The van der Waals surface area contributed by atoms with Crippen LogP contribution in [0.4, 0.5) is 0 Å². The first-order valence-electron chi connectivity index (χ1n) is 5.72. The van der Waals surface area contributed by atoms with Crippen LogP contribution >= 0.6 is 11.6 Å². The van der Waals surface area contributed by atoms with Crippen LogP contribution in [0.25, 0.3) is 0 Å². The lowest BCUT2D eigenvalue weighted by Gasteiger charge is -2.23. The second-order valence-corrected chi connectivity index (χ2v) is 5.90. The first-order chi connectivity index (χ1) is 7.29. The van der Waals surface area contributed by atoms with E-state index in [-0.39, 0.29) is 5.54 Å². The van der Waals surface area contributed by atoms with Crippen molar-refractivity contribution in [3.05, 3.63) is 16.9 Å². The SMILES string of the molecule is Cc1c(Cl)cnn1CC(C)CNC(C)(C)C. The van der Waals surface area contributed by atoms with Gasteiger partial charge in [0.15, 0.2) is 0 Å². The van der Waals surface area contributed by atoms with Crippen molar-refractivity contribution in [3.8, 4) is 0 Å². The zero-order valence-corrected chi connectivity index (χ0v) is 11.6. The number of nitrogens with one attached hydrogen (secondary N) is 1. The highest BCUT2D eigenvalue weighted by Crippen LogP contribution is 2.14. The summed E-state index contributed by atoms with van der Waals surface area (Å²) in [6.07, 6.45) is 1.71. The quantitative estimate of drug-likeness (QED) is 0.882. The molecule has 3 nitrogen and oxygen atoms in total. The summed E-state index contributed by atoms with van der Waals surface area (Å²) in [5.41, 5.74) is 1.22. The minimum Gasteiger partial charge on any atom is -0.312 e. The van der Waals surface area contributed by atoms with E-state index in [2.05, 4.69) is 38.1 Å². The maximum Gasteiger partial charge on any atom is 0.0814 e. The Hall–Kier alpha value is -0.540. The summed E-state index contributed by atoms with van der Waals surface area (Å²) in [7, 11) is 0. The third-order valence-corrected chi connectivity index (χ3v) is 2.88. The minimum atomic E-state index is 0.172. The molecule has 0 aromatic carbocycles. The average molecular weight is 244 g/mol. The predicted molar refractivity (Wildman–Crippen MR) is 68.9 cm³/mol. The van der Waals surface area contributed by atoms with Gasteiger partial charge in [-0.25, -0.2) is 0 Å². The molecule has 1 rings (SSSR count). The Morgan fingerprint density at radius 2 is 2.12 bits per heavy atom. The molecule has 16 heavy (non-hydrogen) atoms. The summed E-state index contributed by atoms with van der Waals surface area (Å²) < 4.78 is 1.97. The van der Waals surface area contributed by atoms with Crippen molar-refractivity contribution in [2.75, 3.05) is 6.54 Å². The lowest BCUT2D eigenvalue weighted by molar-refractivity contribution is 0.350. The lowest BCUT2D eigenvalue weighted by atomic mass is 10.1. The molecule has 92 valence electrons. The van der Waals surface area contributed by atoms with E-state index in [1.165, 1.54) is 0 Å². The molecule has 0 radical (unpaired) electrons. The number of nitrogens with zero attached hydrogens (tertiary/aromatic N) is 2. The van der Waals surface area contributed by atoms with Crippen LogP contribution in [0.15, 0.2) is 6.20 Å². The Bertz CT molecular complexity index is 339. The number of rotatable bonds is 4. The summed E-state index contributed by atoms with van der Waals surface area (Å²) in [4.78, 5) is 0. The molecule has 1 unspecified atom stereocenters. The molecule has 0 aliphatic carbocycles. The molecule has 1 aromatic heterocycles. The number of hydrogen-bond donors (Lipinski definition) is 1. The van der Waals surface area contributed by atoms with Gasteiger partial charge in [0.2, 0.25) is 0 Å². The van der Waals surface area contributed by atoms with Gasteiger partial charge in [0.25, 0.3) is 0 Å². The molecule has 1 N–H and O–H groups in total. The predicted octanol–water partition coefficient (Wildman–Crippen LogP) is 2.87. The molecule has 0 spiro atoms. The fraction of sp³-hybridized carbons (Fsp3) is 0.750. The highest BCUT2D eigenvalue weighted by molar-refractivity contribution is 6.31. The second-order valence-electron chi connectivity index (χ2n) is 5.50. The zero-order valence-electron chi connectivity index (χ0n) is 10.8. The summed E-state index contributed by atoms with van der Waals surface area (Å²) in [6, 6.07) is 0. The zero-order chi connectivity index (χ0) is 12.3. The molecule has 0 fully saturated rings.